The van der Waals surface area contributed by atoms with Crippen LogP contribution in [0.4, 0.5) is 5.69 Å². The Morgan fingerprint density at radius 1 is 1.12 bits per heavy atom. The van der Waals surface area contributed by atoms with Gasteiger partial charge in [-0.05, 0) is 25.0 Å². The average molecular weight is 483 g/mol. The molecule has 2 aromatic heterocycles. The normalized spacial score (nSPS) is 19.8. The topological polar surface area (TPSA) is 105 Å². The van der Waals surface area contributed by atoms with Crippen LogP contribution in [0, 0.1) is 5.41 Å². The molecule has 180 valence electrons. The van der Waals surface area contributed by atoms with E-state index in [0.717, 1.165) is 36.9 Å². The Morgan fingerprint density at radius 2 is 1.85 bits per heavy atom. The Hall–Kier alpha value is -2.94. The van der Waals surface area contributed by atoms with E-state index < -0.39 is 9.84 Å². The lowest BCUT2D eigenvalue weighted by Gasteiger charge is -2.31. The van der Waals surface area contributed by atoms with Gasteiger partial charge in [-0.2, -0.15) is 0 Å². The Bertz CT molecular complexity index is 1330. The molecule has 5 rings (SSSR count). The fraction of sp³-hybridized carbons (Fsp3) is 0.480. The Morgan fingerprint density at radius 3 is 2.56 bits per heavy atom. The lowest BCUT2D eigenvalue weighted by molar-refractivity contribution is 0.0751. The van der Waals surface area contributed by atoms with E-state index in [1.807, 2.05) is 23.1 Å². The highest BCUT2D eigenvalue weighted by Gasteiger charge is 2.36. The van der Waals surface area contributed by atoms with E-state index in [2.05, 4.69) is 16.9 Å². The first-order valence-corrected chi connectivity index (χ1v) is 13.6. The molecule has 0 amide bonds. The fourth-order valence-electron chi connectivity index (χ4n) is 5.09. The standard InChI is InChI=1S/C25H30N4O4S/c1-25(6-4-3-5-7-25)23(30)20-15-26-24-22(20)28-21(16-27-24)17-12-18(14-19(13-17)33-2)29-8-10-34(31,32)11-9-29/h12-16H,3-11H2,1-2H3,(H,26,27). The summed E-state index contributed by atoms with van der Waals surface area (Å²) in [4.78, 5) is 28.1. The van der Waals surface area contributed by atoms with Gasteiger partial charge in [0.05, 0.1) is 36.1 Å². The predicted molar refractivity (Wildman–Crippen MR) is 132 cm³/mol. The summed E-state index contributed by atoms with van der Waals surface area (Å²) < 4.78 is 29.2. The van der Waals surface area contributed by atoms with Gasteiger partial charge >= 0.3 is 0 Å². The number of aromatic nitrogens is 3. The van der Waals surface area contributed by atoms with Gasteiger partial charge in [0.1, 0.15) is 11.3 Å². The summed E-state index contributed by atoms with van der Waals surface area (Å²) >= 11 is 0. The highest BCUT2D eigenvalue weighted by molar-refractivity contribution is 7.91. The first-order valence-electron chi connectivity index (χ1n) is 11.8. The van der Waals surface area contributed by atoms with Crippen LogP contribution in [0.1, 0.15) is 49.4 Å². The minimum atomic E-state index is -2.98. The van der Waals surface area contributed by atoms with E-state index in [1.54, 1.807) is 19.5 Å². The van der Waals surface area contributed by atoms with Crippen molar-refractivity contribution in [3.8, 4) is 17.0 Å². The van der Waals surface area contributed by atoms with Crippen molar-refractivity contribution in [3.05, 3.63) is 36.2 Å². The number of fused-ring (bicyclic) bond motifs is 1. The molecule has 2 fully saturated rings. The number of sulfone groups is 1. The van der Waals surface area contributed by atoms with E-state index in [9.17, 15) is 13.2 Å². The van der Waals surface area contributed by atoms with Crippen molar-refractivity contribution in [3.63, 3.8) is 0 Å². The zero-order valence-electron chi connectivity index (χ0n) is 19.6. The molecule has 3 heterocycles. The van der Waals surface area contributed by atoms with Crippen LogP contribution in [0.15, 0.2) is 30.6 Å². The Kier molecular flexibility index (Phi) is 5.83. The van der Waals surface area contributed by atoms with Gasteiger partial charge in [0.25, 0.3) is 0 Å². The van der Waals surface area contributed by atoms with Gasteiger partial charge < -0.3 is 14.6 Å². The number of ether oxygens (including phenoxy) is 1. The third-order valence-corrected chi connectivity index (χ3v) is 8.87. The molecule has 1 aliphatic heterocycles. The summed E-state index contributed by atoms with van der Waals surface area (Å²) in [6, 6.07) is 5.77. The number of ketones is 1. The first-order chi connectivity index (χ1) is 16.3. The van der Waals surface area contributed by atoms with E-state index in [0.29, 0.717) is 41.3 Å². The zero-order chi connectivity index (χ0) is 23.9. The third-order valence-electron chi connectivity index (χ3n) is 7.26. The van der Waals surface area contributed by atoms with E-state index in [4.69, 9.17) is 9.72 Å². The quantitative estimate of drug-likeness (QED) is 0.548. The maximum Gasteiger partial charge on any atom is 0.172 e. The van der Waals surface area contributed by atoms with Gasteiger partial charge in [-0.25, -0.2) is 18.4 Å². The lowest BCUT2D eigenvalue weighted by atomic mass is 9.71. The SMILES string of the molecule is COc1cc(-c2cnc3[nH]cc(C(=O)C4(C)CCCCC4)c3n2)cc(N2CCS(=O)(=O)CC2)c1. The highest BCUT2D eigenvalue weighted by atomic mass is 32.2. The summed E-state index contributed by atoms with van der Waals surface area (Å²) in [5.74, 6) is 1.06. The number of hydrogen-bond donors (Lipinski definition) is 1. The van der Waals surface area contributed by atoms with E-state index >= 15 is 0 Å². The molecule has 1 aliphatic carbocycles. The van der Waals surface area contributed by atoms with E-state index in [1.165, 1.54) is 6.42 Å². The molecule has 34 heavy (non-hydrogen) atoms. The number of carbonyl (C=O) groups excluding carboxylic acids is 1. The second-order valence-corrected chi connectivity index (χ2v) is 12.0. The van der Waals surface area contributed by atoms with Crippen LogP contribution in [0.3, 0.4) is 0 Å². The number of methoxy groups -OCH3 is 1. The van der Waals surface area contributed by atoms with Gasteiger partial charge in [0.2, 0.25) is 0 Å². The largest absolute Gasteiger partial charge is 0.497 e. The van der Waals surface area contributed by atoms with Crippen LogP contribution in [-0.2, 0) is 9.84 Å². The molecule has 0 atom stereocenters. The Labute approximate surface area is 199 Å². The zero-order valence-corrected chi connectivity index (χ0v) is 20.5. The van der Waals surface area contributed by atoms with Crippen LogP contribution < -0.4 is 9.64 Å². The number of anilines is 1. The molecule has 0 unspecified atom stereocenters. The average Bonchev–Trinajstić information content (AvgIpc) is 3.26. The lowest BCUT2D eigenvalue weighted by Crippen LogP contribution is -2.40. The molecule has 9 heteroatoms. The van der Waals surface area contributed by atoms with Gasteiger partial charge in [-0.3, -0.25) is 4.79 Å². The van der Waals surface area contributed by atoms with Crippen molar-refractivity contribution in [1.82, 2.24) is 15.0 Å². The number of benzene rings is 1. The first kappa shape index (κ1) is 22.8. The van der Waals surface area contributed by atoms with Crippen molar-refractivity contribution in [1.29, 1.82) is 0 Å². The maximum absolute atomic E-state index is 13.5. The van der Waals surface area contributed by atoms with Crippen LogP contribution >= 0.6 is 0 Å². The predicted octanol–water partition coefficient (Wildman–Crippen LogP) is 4.02. The molecule has 0 spiro atoms. The second kappa shape index (κ2) is 8.69. The second-order valence-electron chi connectivity index (χ2n) is 9.66. The maximum atomic E-state index is 13.5. The summed E-state index contributed by atoms with van der Waals surface area (Å²) in [6.07, 6.45) is 8.56. The number of rotatable bonds is 5. The minimum Gasteiger partial charge on any atom is -0.497 e. The van der Waals surface area contributed by atoms with Crippen LogP contribution in [0.25, 0.3) is 22.4 Å². The molecule has 1 saturated heterocycles. The summed E-state index contributed by atoms with van der Waals surface area (Å²) in [6.45, 7) is 2.95. The van der Waals surface area contributed by atoms with Crippen molar-refractivity contribution < 1.29 is 17.9 Å². The van der Waals surface area contributed by atoms with Crippen molar-refractivity contribution in [2.75, 3.05) is 36.6 Å². The number of nitrogens with one attached hydrogen (secondary N) is 1. The van der Waals surface area contributed by atoms with Crippen molar-refractivity contribution >= 4 is 32.5 Å². The Balaban J connectivity index is 1.52. The molecular formula is C25H30N4O4S. The smallest absolute Gasteiger partial charge is 0.172 e. The third kappa shape index (κ3) is 4.29. The molecule has 1 N–H and O–H groups in total. The minimum absolute atomic E-state index is 0.130. The molecular weight excluding hydrogens is 452 g/mol. The fourth-order valence-corrected chi connectivity index (χ4v) is 6.29. The van der Waals surface area contributed by atoms with Crippen LogP contribution in [0.2, 0.25) is 0 Å². The number of nitrogens with zero attached hydrogens (tertiary/aromatic N) is 3. The van der Waals surface area contributed by atoms with Gasteiger partial charge in [0, 0.05) is 42.0 Å². The number of hydrogen-bond acceptors (Lipinski definition) is 7. The van der Waals surface area contributed by atoms with Crippen LogP contribution in [0.5, 0.6) is 5.75 Å². The molecule has 8 nitrogen and oxygen atoms in total. The number of H-pyrrole nitrogens is 1. The summed E-state index contributed by atoms with van der Waals surface area (Å²) in [5, 5.41) is 0. The van der Waals surface area contributed by atoms with Crippen molar-refractivity contribution in [2.45, 2.75) is 39.0 Å². The molecule has 3 aromatic rings. The van der Waals surface area contributed by atoms with Crippen molar-refractivity contribution in [2.24, 2.45) is 5.41 Å². The summed E-state index contributed by atoms with van der Waals surface area (Å²) in [7, 11) is -1.37. The number of aromatic amines is 1. The molecule has 1 saturated carbocycles. The van der Waals surface area contributed by atoms with Gasteiger partial charge in [0.15, 0.2) is 21.3 Å². The summed E-state index contributed by atoms with van der Waals surface area (Å²) in [5.41, 5.74) is 3.74. The molecule has 0 radical (unpaired) electrons. The van der Waals surface area contributed by atoms with Gasteiger partial charge in [-0.1, -0.05) is 26.2 Å². The van der Waals surface area contributed by atoms with Crippen LogP contribution in [-0.4, -0.2) is 60.9 Å². The number of Topliss-reactive ketones (excluding diaryl/α,β-unsaturated/α-hetero) is 1. The van der Waals surface area contributed by atoms with E-state index in [-0.39, 0.29) is 22.7 Å². The molecule has 0 bridgehead atoms. The monoisotopic (exact) mass is 482 g/mol. The molecule has 1 aromatic carbocycles. The van der Waals surface area contributed by atoms with Gasteiger partial charge in [-0.15, -0.1) is 0 Å². The molecule has 2 aliphatic rings. The highest BCUT2D eigenvalue weighted by Crippen LogP contribution is 2.40. The number of carbonyl (C=O) groups is 1.